The summed E-state index contributed by atoms with van der Waals surface area (Å²) in [5.41, 5.74) is 5.13. The number of aliphatic hydroxyl groups is 1. The summed E-state index contributed by atoms with van der Waals surface area (Å²) in [6, 6.07) is 6.30. The first-order valence-corrected chi connectivity index (χ1v) is 12.8. The molecule has 1 saturated heterocycles. The summed E-state index contributed by atoms with van der Waals surface area (Å²) < 4.78 is 0. The van der Waals surface area contributed by atoms with Crippen LogP contribution in [-0.4, -0.2) is 66.3 Å². The molecule has 13 nitrogen and oxygen atoms in total. The van der Waals surface area contributed by atoms with E-state index in [1.54, 1.807) is 24.3 Å². The minimum atomic E-state index is -0.928. The Labute approximate surface area is 228 Å². The van der Waals surface area contributed by atoms with Crippen molar-refractivity contribution in [3.05, 3.63) is 29.8 Å². The van der Waals surface area contributed by atoms with Gasteiger partial charge < -0.3 is 31.6 Å². The van der Waals surface area contributed by atoms with Crippen LogP contribution in [-0.2, 0) is 35.4 Å². The molecule has 0 atom stereocenters. The Kier molecular flexibility index (Phi) is 17.4. The highest BCUT2D eigenvalue weighted by molar-refractivity contribution is 6.01. The molecule has 6 N–H and O–H groups in total. The largest absolute Gasteiger partial charge is 0.392 e. The van der Waals surface area contributed by atoms with Crippen molar-refractivity contribution in [2.45, 2.75) is 65.9 Å². The first-order valence-electron chi connectivity index (χ1n) is 12.8. The third kappa shape index (κ3) is 12.5. The first kappa shape index (κ1) is 35.2. The Morgan fingerprint density at radius 3 is 1.97 bits per heavy atom. The Hall–Kier alpha value is -3.84. The Morgan fingerprint density at radius 1 is 1.08 bits per heavy atom. The normalized spacial score (nSPS) is 14.5. The van der Waals surface area contributed by atoms with E-state index in [2.05, 4.69) is 20.8 Å². The molecule has 3 rings (SSSR count). The summed E-state index contributed by atoms with van der Waals surface area (Å²) in [5, 5.41) is 17.3. The number of amides is 6. The predicted molar refractivity (Wildman–Crippen MR) is 144 cm³/mol. The van der Waals surface area contributed by atoms with E-state index in [4.69, 9.17) is 10.8 Å². The molecule has 2 aliphatic rings. The lowest BCUT2D eigenvalue weighted by Gasteiger charge is -2.34. The number of rotatable bonds is 9. The average Bonchev–Trinajstić information content (AvgIpc) is 3.25. The monoisotopic (exact) mass is 551 g/mol. The van der Waals surface area contributed by atoms with E-state index in [1.165, 1.54) is 7.11 Å². The molecule has 0 unspecified atom stereocenters. The van der Waals surface area contributed by atoms with Crippen molar-refractivity contribution in [3.63, 3.8) is 0 Å². The second-order valence-corrected chi connectivity index (χ2v) is 8.27. The first-order chi connectivity index (χ1) is 18.6. The van der Waals surface area contributed by atoms with Crippen molar-refractivity contribution in [3.8, 4) is 0 Å². The number of nitrogens with zero attached hydrogens (tertiary/aromatic N) is 1. The van der Waals surface area contributed by atoms with Gasteiger partial charge in [0.25, 0.3) is 11.8 Å². The van der Waals surface area contributed by atoms with Gasteiger partial charge in [-0.25, -0.2) is 4.79 Å². The van der Waals surface area contributed by atoms with Crippen molar-refractivity contribution in [1.82, 2.24) is 15.7 Å². The van der Waals surface area contributed by atoms with Crippen molar-refractivity contribution >= 4 is 41.6 Å². The van der Waals surface area contributed by atoms with Crippen molar-refractivity contribution in [1.29, 1.82) is 0 Å². The lowest BCUT2D eigenvalue weighted by atomic mass is 9.69. The average molecular weight is 552 g/mol. The molecule has 0 aromatic heterocycles. The van der Waals surface area contributed by atoms with Gasteiger partial charge in [0.05, 0.1) is 20.3 Å². The summed E-state index contributed by atoms with van der Waals surface area (Å²) in [4.78, 5) is 70.1. The molecule has 1 saturated carbocycles. The van der Waals surface area contributed by atoms with Crippen LogP contribution in [0.2, 0.25) is 0 Å². The maximum Gasteiger partial charge on any atom is 0.312 e. The van der Waals surface area contributed by atoms with Crippen LogP contribution in [0.4, 0.5) is 10.5 Å². The summed E-state index contributed by atoms with van der Waals surface area (Å²) in [7, 11) is 1.31. The number of aldehydes is 1. The van der Waals surface area contributed by atoms with Gasteiger partial charge in [-0.05, 0) is 37.0 Å². The van der Waals surface area contributed by atoms with Crippen LogP contribution in [0.5, 0.6) is 0 Å². The van der Waals surface area contributed by atoms with Crippen molar-refractivity contribution in [2.24, 2.45) is 11.1 Å². The van der Waals surface area contributed by atoms with Gasteiger partial charge in [-0.15, -0.1) is 0 Å². The summed E-state index contributed by atoms with van der Waals surface area (Å²) in [6.07, 6.45) is 4.13. The quantitative estimate of drug-likeness (QED) is 0.172. The van der Waals surface area contributed by atoms with Crippen LogP contribution in [0.3, 0.4) is 0 Å². The standard InChI is InChI=1S/C15H18N2O4.C5H7NO3.C4H10N2O.C2H6/c18-9-11-2-4-12(5-3-11)17-13(20)8-16-14(21)15(10-19)6-1-7-15;1-9-6-4(7)2-3-5(6)8;1-2-3-6-4(5)7;1-2/h2-5,10,18H,1,6-9H2,(H,16,21)(H,17,20);2-3H2,1H3;2-3H2,1H3,(H3,5,6,7);1-2H3. The maximum absolute atomic E-state index is 11.9. The third-order valence-corrected chi connectivity index (χ3v) is 5.49. The second-order valence-electron chi connectivity index (χ2n) is 8.27. The number of carbonyl (C=O) groups is 6. The van der Waals surface area contributed by atoms with E-state index in [0.29, 0.717) is 31.4 Å². The van der Waals surface area contributed by atoms with Crippen molar-refractivity contribution in [2.75, 3.05) is 25.5 Å². The highest BCUT2D eigenvalue weighted by atomic mass is 16.7. The van der Waals surface area contributed by atoms with E-state index < -0.39 is 11.4 Å². The SMILES string of the molecule is CC.CCCNC(N)=O.CON1C(=O)CCC1=O.O=CC1(C(=O)NCC(=O)Nc2ccc(CO)cc2)CCC1. The molecular weight excluding hydrogens is 510 g/mol. The number of imide groups is 1. The fourth-order valence-electron chi connectivity index (χ4n) is 3.20. The minimum Gasteiger partial charge on any atom is -0.392 e. The zero-order chi connectivity index (χ0) is 29.8. The fraction of sp³-hybridized carbons (Fsp3) is 0.538. The summed E-state index contributed by atoms with van der Waals surface area (Å²) >= 11 is 0. The number of primary amides is 1. The summed E-state index contributed by atoms with van der Waals surface area (Å²) in [6.45, 7) is 6.42. The van der Waals surface area contributed by atoms with Crippen LogP contribution in [0.1, 0.15) is 64.9 Å². The Balaban J connectivity index is 0.000000660. The van der Waals surface area contributed by atoms with Gasteiger partial charge in [0, 0.05) is 25.1 Å². The van der Waals surface area contributed by atoms with Crippen LogP contribution in [0, 0.1) is 5.41 Å². The number of nitrogens with one attached hydrogen (secondary N) is 3. The molecule has 2 fully saturated rings. The van der Waals surface area contributed by atoms with Gasteiger partial charge >= 0.3 is 6.03 Å². The number of nitrogens with two attached hydrogens (primary N) is 1. The topological polar surface area (TPSA) is 197 Å². The van der Waals surface area contributed by atoms with Crippen molar-refractivity contribution < 1.29 is 38.7 Å². The lowest BCUT2D eigenvalue weighted by Crippen LogP contribution is -2.48. The molecule has 218 valence electrons. The van der Waals surface area contributed by atoms with Crippen LogP contribution in [0.25, 0.3) is 0 Å². The minimum absolute atomic E-state index is 0.0575. The number of hydrogen-bond acceptors (Lipinski definition) is 8. The molecular formula is C26H41N5O8. The molecule has 0 radical (unpaired) electrons. The van der Waals surface area contributed by atoms with Crippen LogP contribution >= 0.6 is 0 Å². The molecule has 6 amide bonds. The fourth-order valence-corrected chi connectivity index (χ4v) is 3.20. The number of aliphatic hydroxyl groups excluding tert-OH is 1. The van der Waals surface area contributed by atoms with E-state index in [-0.39, 0.29) is 49.6 Å². The Morgan fingerprint density at radius 2 is 1.64 bits per heavy atom. The zero-order valence-corrected chi connectivity index (χ0v) is 23.1. The highest BCUT2D eigenvalue weighted by Gasteiger charge is 2.44. The van der Waals surface area contributed by atoms with Crippen LogP contribution in [0.15, 0.2) is 24.3 Å². The molecule has 39 heavy (non-hydrogen) atoms. The molecule has 1 aromatic rings. The van der Waals surface area contributed by atoms with Gasteiger partial charge in [-0.3, -0.25) is 24.0 Å². The molecule has 0 bridgehead atoms. The number of carbonyl (C=O) groups excluding carboxylic acids is 6. The van der Waals surface area contributed by atoms with E-state index in [9.17, 15) is 28.8 Å². The van der Waals surface area contributed by atoms with E-state index >= 15 is 0 Å². The number of urea groups is 1. The zero-order valence-electron chi connectivity index (χ0n) is 23.1. The predicted octanol–water partition coefficient (Wildman–Crippen LogP) is 1.39. The molecule has 13 heteroatoms. The highest BCUT2D eigenvalue weighted by Crippen LogP contribution is 2.38. The number of anilines is 1. The van der Waals surface area contributed by atoms with Gasteiger partial charge in [-0.2, -0.15) is 5.06 Å². The second kappa shape index (κ2) is 19.3. The molecule has 0 spiro atoms. The molecule has 1 aliphatic heterocycles. The van der Waals surface area contributed by atoms with Crippen LogP contribution < -0.4 is 21.7 Å². The maximum atomic E-state index is 11.9. The van der Waals surface area contributed by atoms with Gasteiger partial charge in [0.1, 0.15) is 11.7 Å². The summed E-state index contributed by atoms with van der Waals surface area (Å²) in [5.74, 6) is -1.24. The smallest absolute Gasteiger partial charge is 0.312 e. The Bertz CT molecular complexity index is 932. The van der Waals surface area contributed by atoms with E-state index in [0.717, 1.165) is 23.5 Å². The molecule has 1 aliphatic carbocycles. The van der Waals surface area contributed by atoms with Gasteiger partial charge in [0.2, 0.25) is 11.8 Å². The van der Waals surface area contributed by atoms with Gasteiger partial charge in [-0.1, -0.05) is 39.3 Å². The number of hydroxylamine groups is 2. The lowest BCUT2D eigenvalue weighted by molar-refractivity contribution is -0.179. The van der Waals surface area contributed by atoms with Gasteiger partial charge in [0.15, 0.2) is 0 Å². The third-order valence-electron chi connectivity index (χ3n) is 5.49. The van der Waals surface area contributed by atoms with E-state index in [1.807, 2.05) is 20.8 Å². The number of benzene rings is 1. The molecule has 1 heterocycles. The number of hydrogen-bond donors (Lipinski definition) is 5. The molecule has 1 aromatic carbocycles.